The molecule has 10 heteroatoms. The molecule has 1 saturated heterocycles. The summed E-state index contributed by atoms with van der Waals surface area (Å²) in [5.41, 5.74) is 5.88. The zero-order valence-corrected chi connectivity index (χ0v) is 25.6. The molecule has 4 aromatic rings. The van der Waals surface area contributed by atoms with Crippen LogP contribution in [0, 0.1) is 32.6 Å². The first-order chi connectivity index (χ1) is 20.5. The number of alkyl halides is 3. The molecule has 0 aliphatic carbocycles. The Hall–Kier alpha value is -4.20. The maximum atomic E-state index is 13.1. The van der Waals surface area contributed by atoms with Gasteiger partial charge in [-0.2, -0.15) is 18.3 Å². The lowest BCUT2D eigenvalue weighted by Crippen LogP contribution is -2.44. The Morgan fingerprint density at radius 1 is 0.930 bits per heavy atom. The molecular formula is C33H39F3N6O. The number of likely N-dealkylation sites (N-methyl/N-ethyl adjacent to an activating group) is 1. The maximum absolute atomic E-state index is 13.1. The number of carbonyl (C=O) groups is 1. The van der Waals surface area contributed by atoms with Crippen LogP contribution in [-0.2, 0) is 17.5 Å². The number of carbonyl (C=O) groups excluding carboxylic acids is 1. The van der Waals surface area contributed by atoms with E-state index in [9.17, 15) is 18.0 Å². The molecule has 0 bridgehead atoms. The van der Waals surface area contributed by atoms with E-state index in [2.05, 4.69) is 64.2 Å². The lowest BCUT2D eigenvalue weighted by atomic mass is 10.0. The molecule has 2 aromatic heterocycles. The van der Waals surface area contributed by atoms with E-state index in [1.54, 1.807) is 10.7 Å². The van der Waals surface area contributed by atoms with E-state index in [0.717, 1.165) is 54.7 Å². The number of nitrogens with one attached hydrogen (secondary N) is 1. The van der Waals surface area contributed by atoms with Crippen molar-refractivity contribution in [3.05, 3.63) is 93.9 Å². The number of fused-ring (bicyclic) bond motifs is 1. The lowest BCUT2D eigenvalue weighted by Gasteiger charge is -2.33. The zero-order valence-electron chi connectivity index (χ0n) is 25.6. The van der Waals surface area contributed by atoms with E-state index in [1.165, 1.54) is 23.3 Å². The molecule has 0 spiro atoms. The number of rotatable bonds is 4. The Balaban J connectivity index is 0.000000223. The standard InChI is InChI=1S/C17H15N3.C14H18F3N3O.C2H6/c1-12-4-5-14(3)15(8-12)6-7-16-11-18-17-9-13(2)10-19-20(16)17;1-19-4-6-20(7-5-19)9-11-2-3-12(18-10-21)8-13(11)14(15,16)17;1-2/h4-5,8-11H,1-3H3;2-3,8,10H,4-7,9H2,1H3,(H,18,21);1-2H3. The van der Waals surface area contributed by atoms with Gasteiger partial charge in [0, 0.05) is 44.0 Å². The molecule has 1 aliphatic rings. The average Bonchev–Trinajstić information content (AvgIpc) is 3.38. The fourth-order valence-electron chi connectivity index (χ4n) is 4.44. The van der Waals surface area contributed by atoms with E-state index in [0.29, 0.717) is 6.41 Å². The monoisotopic (exact) mass is 592 g/mol. The summed E-state index contributed by atoms with van der Waals surface area (Å²) in [7, 11) is 2.00. The highest BCUT2D eigenvalue weighted by atomic mass is 19.4. The number of anilines is 1. The number of piperazine rings is 1. The first-order valence-electron chi connectivity index (χ1n) is 14.2. The average molecular weight is 593 g/mol. The van der Waals surface area contributed by atoms with Crippen LogP contribution in [0.15, 0.2) is 54.9 Å². The number of hydrogen-bond acceptors (Lipinski definition) is 5. The van der Waals surface area contributed by atoms with Gasteiger partial charge in [-0.15, -0.1) is 0 Å². The van der Waals surface area contributed by atoms with Gasteiger partial charge < -0.3 is 10.2 Å². The summed E-state index contributed by atoms with van der Waals surface area (Å²) in [6.45, 7) is 13.6. The molecule has 5 rings (SSSR count). The van der Waals surface area contributed by atoms with Gasteiger partial charge >= 0.3 is 6.18 Å². The molecule has 0 saturated carbocycles. The van der Waals surface area contributed by atoms with Gasteiger partial charge in [0.05, 0.1) is 18.0 Å². The van der Waals surface area contributed by atoms with Crippen molar-refractivity contribution in [2.45, 2.75) is 47.3 Å². The van der Waals surface area contributed by atoms with E-state index in [1.807, 2.05) is 45.0 Å². The summed E-state index contributed by atoms with van der Waals surface area (Å²) < 4.78 is 41.2. The van der Waals surface area contributed by atoms with Gasteiger partial charge in [0.15, 0.2) is 5.65 Å². The minimum absolute atomic E-state index is 0.152. The summed E-state index contributed by atoms with van der Waals surface area (Å²) in [4.78, 5) is 18.9. The van der Waals surface area contributed by atoms with Crippen LogP contribution in [0.4, 0.5) is 18.9 Å². The number of amides is 1. The lowest BCUT2D eigenvalue weighted by molar-refractivity contribution is -0.138. The molecule has 2 aromatic carbocycles. The van der Waals surface area contributed by atoms with Gasteiger partial charge in [-0.05, 0) is 80.3 Å². The van der Waals surface area contributed by atoms with Gasteiger partial charge in [0.1, 0.15) is 5.69 Å². The van der Waals surface area contributed by atoms with Crippen LogP contribution in [0.25, 0.3) is 5.65 Å². The first-order valence-corrected chi connectivity index (χ1v) is 14.2. The number of hydrogen-bond donors (Lipinski definition) is 1. The van der Waals surface area contributed by atoms with E-state index >= 15 is 0 Å². The van der Waals surface area contributed by atoms with E-state index in [4.69, 9.17) is 0 Å². The summed E-state index contributed by atoms with van der Waals surface area (Å²) in [5.74, 6) is 6.37. The van der Waals surface area contributed by atoms with Crippen molar-refractivity contribution >= 4 is 17.7 Å². The van der Waals surface area contributed by atoms with Crippen LogP contribution in [0.2, 0.25) is 0 Å². The molecule has 1 fully saturated rings. The summed E-state index contributed by atoms with van der Waals surface area (Å²) in [6.07, 6.45) is -0.476. The minimum Gasteiger partial charge on any atom is -0.329 e. The Bertz CT molecular complexity index is 1580. The highest BCUT2D eigenvalue weighted by molar-refractivity contribution is 5.71. The SMILES string of the molecule is CC.CN1CCN(Cc2ccc(NC=O)cc2C(F)(F)F)CC1.Cc1ccc(C)c(C#Cc2cnc3cc(C)cnn23)c1. The third-order valence-corrected chi connectivity index (χ3v) is 6.85. The first kappa shape index (κ1) is 33.3. The van der Waals surface area contributed by atoms with Gasteiger partial charge in [-0.3, -0.25) is 9.69 Å². The highest BCUT2D eigenvalue weighted by Gasteiger charge is 2.34. The summed E-state index contributed by atoms with van der Waals surface area (Å²) >= 11 is 0. The third kappa shape index (κ3) is 9.40. The van der Waals surface area contributed by atoms with Crippen molar-refractivity contribution in [1.82, 2.24) is 24.4 Å². The molecule has 1 N–H and O–H groups in total. The smallest absolute Gasteiger partial charge is 0.329 e. The molecular weight excluding hydrogens is 553 g/mol. The van der Waals surface area contributed by atoms with Crippen molar-refractivity contribution in [3.8, 4) is 11.8 Å². The largest absolute Gasteiger partial charge is 0.416 e. The number of nitrogens with zero attached hydrogens (tertiary/aromatic N) is 5. The zero-order chi connectivity index (χ0) is 31.6. The number of benzene rings is 2. The van der Waals surface area contributed by atoms with Gasteiger partial charge in [-0.1, -0.05) is 38.0 Å². The molecule has 1 amide bonds. The quantitative estimate of drug-likeness (QED) is 0.229. The maximum Gasteiger partial charge on any atom is 0.416 e. The Morgan fingerprint density at radius 3 is 2.33 bits per heavy atom. The molecule has 228 valence electrons. The van der Waals surface area contributed by atoms with Crippen LogP contribution < -0.4 is 5.32 Å². The Morgan fingerprint density at radius 2 is 1.65 bits per heavy atom. The Kier molecular flexibility index (Phi) is 11.9. The fraction of sp³-hybridized carbons (Fsp3) is 0.364. The van der Waals surface area contributed by atoms with Crippen molar-refractivity contribution in [1.29, 1.82) is 0 Å². The minimum atomic E-state index is -4.43. The van der Waals surface area contributed by atoms with Crippen LogP contribution in [0.3, 0.4) is 0 Å². The molecule has 3 heterocycles. The predicted octanol–water partition coefficient (Wildman–Crippen LogP) is 6.10. The van der Waals surface area contributed by atoms with Crippen molar-refractivity contribution in [3.63, 3.8) is 0 Å². The summed E-state index contributed by atoms with van der Waals surface area (Å²) in [5, 5.41) is 6.60. The van der Waals surface area contributed by atoms with E-state index in [-0.39, 0.29) is 17.8 Å². The second-order valence-electron chi connectivity index (χ2n) is 10.2. The molecule has 0 unspecified atom stereocenters. The molecule has 0 radical (unpaired) electrons. The van der Waals surface area contributed by atoms with Crippen LogP contribution in [-0.4, -0.2) is 64.0 Å². The highest BCUT2D eigenvalue weighted by Crippen LogP contribution is 2.34. The Labute approximate surface area is 251 Å². The summed E-state index contributed by atoms with van der Waals surface area (Å²) in [6, 6.07) is 12.2. The van der Waals surface area contributed by atoms with Crippen LogP contribution >= 0.6 is 0 Å². The topological polar surface area (TPSA) is 65.8 Å². The number of halogens is 3. The molecule has 0 atom stereocenters. The van der Waals surface area contributed by atoms with Crippen molar-refractivity contribution in [2.75, 3.05) is 38.5 Å². The van der Waals surface area contributed by atoms with E-state index < -0.39 is 11.7 Å². The molecule has 43 heavy (non-hydrogen) atoms. The van der Waals surface area contributed by atoms with Crippen LogP contribution in [0.5, 0.6) is 0 Å². The number of aryl methyl sites for hydroxylation is 3. The van der Waals surface area contributed by atoms with Gasteiger partial charge in [-0.25, -0.2) is 9.50 Å². The molecule has 1 aliphatic heterocycles. The normalized spacial score (nSPS) is 13.6. The number of aromatic nitrogens is 3. The third-order valence-electron chi connectivity index (χ3n) is 6.85. The van der Waals surface area contributed by atoms with Gasteiger partial charge in [0.2, 0.25) is 6.41 Å². The second-order valence-corrected chi connectivity index (χ2v) is 10.2. The van der Waals surface area contributed by atoms with Crippen LogP contribution in [0.1, 0.15) is 52.9 Å². The van der Waals surface area contributed by atoms with Crippen molar-refractivity contribution < 1.29 is 18.0 Å². The predicted molar refractivity (Wildman–Crippen MR) is 165 cm³/mol. The fourth-order valence-corrected chi connectivity index (χ4v) is 4.44. The van der Waals surface area contributed by atoms with Crippen molar-refractivity contribution in [2.24, 2.45) is 0 Å². The molecule has 7 nitrogen and oxygen atoms in total. The van der Waals surface area contributed by atoms with Gasteiger partial charge in [0.25, 0.3) is 0 Å². The second kappa shape index (κ2) is 15.3. The number of imidazole rings is 1.